The highest BCUT2D eigenvalue weighted by atomic mass is 15.2. The molecule has 2 heterocycles. The summed E-state index contributed by atoms with van der Waals surface area (Å²) in [4.78, 5) is 2.78. The van der Waals surface area contributed by atoms with Crippen molar-refractivity contribution in [2.75, 3.05) is 13.1 Å². The molecule has 2 fully saturated rings. The third kappa shape index (κ3) is 3.24. The van der Waals surface area contributed by atoms with E-state index in [1.165, 1.54) is 50.8 Å². The number of nitrogens with one attached hydrogen (secondary N) is 1. The van der Waals surface area contributed by atoms with Crippen LogP contribution in [0.4, 0.5) is 0 Å². The van der Waals surface area contributed by atoms with E-state index in [1.54, 1.807) is 0 Å². The highest BCUT2D eigenvalue weighted by Gasteiger charge is 2.40. The Morgan fingerprint density at radius 2 is 1.80 bits per heavy atom. The largest absolute Gasteiger partial charge is 0.316 e. The van der Waals surface area contributed by atoms with Crippen molar-refractivity contribution < 1.29 is 0 Å². The van der Waals surface area contributed by atoms with E-state index in [9.17, 15) is 0 Å². The number of rotatable bonds is 6. The van der Waals surface area contributed by atoms with Gasteiger partial charge in [-0.05, 0) is 56.7 Å². The Morgan fingerprint density at radius 1 is 1.10 bits per heavy atom. The number of nitrogens with zero attached hydrogens (tertiary/aromatic N) is 1. The second-order valence-corrected chi connectivity index (χ2v) is 6.58. The van der Waals surface area contributed by atoms with Crippen LogP contribution in [0.2, 0.25) is 0 Å². The van der Waals surface area contributed by atoms with E-state index in [2.05, 4.69) is 47.5 Å². The fourth-order valence-electron chi connectivity index (χ4n) is 4.09. The van der Waals surface area contributed by atoms with Gasteiger partial charge in [0.05, 0.1) is 0 Å². The fraction of sp³-hybridized carbons (Fsp3) is 0.667. The lowest BCUT2D eigenvalue weighted by atomic mass is 9.90. The summed E-state index contributed by atoms with van der Waals surface area (Å²) in [6.45, 7) is 5.82. The first-order valence-corrected chi connectivity index (χ1v) is 8.37. The standard InChI is InChI=1S/C18H28N2/c1-2-10-19-13-16-11-17-8-9-18(12-16)20(17)14-15-6-4-3-5-7-15/h3-7,16-19H,2,8-14H2,1H3. The SMILES string of the molecule is CCCNCC1CC2CCC(C1)N2Cc1ccccc1. The quantitative estimate of drug-likeness (QED) is 0.798. The number of hydrogen-bond acceptors (Lipinski definition) is 2. The molecule has 2 heteroatoms. The van der Waals surface area contributed by atoms with Crippen molar-refractivity contribution in [2.24, 2.45) is 5.92 Å². The monoisotopic (exact) mass is 272 g/mol. The van der Waals surface area contributed by atoms with Crippen molar-refractivity contribution in [3.63, 3.8) is 0 Å². The van der Waals surface area contributed by atoms with Gasteiger partial charge in [0, 0.05) is 18.6 Å². The molecule has 2 nitrogen and oxygen atoms in total. The van der Waals surface area contributed by atoms with E-state index in [4.69, 9.17) is 0 Å². The molecule has 0 radical (unpaired) electrons. The first kappa shape index (κ1) is 14.1. The van der Waals surface area contributed by atoms with Gasteiger partial charge in [0.2, 0.25) is 0 Å². The van der Waals surface area contributed by atoms with Crippen molar-refractivity contribution >= 4 is 0 Å². The van der Waals surface area contributed by atoms with E-state index in [0.717, 1.165) is 24.5 Å². The Labute approximate surface area is 123 Å². The van der Waals surface area contributed by atoms with Crippen molar-refractivity contribution in [3.05, 3.63) is 35.9 Å². The summed E-state index contributed by atoms with van der Waals surface area (Å²) in [7, 11) is 0. The predicted octanol–water partition coefficient (Wildman–Crippen LogP) is 3.43. The van der Waals surface area contributed by atoms with Crippen molar-refractivity contribution in [3.8, 4) is 0 Å². The van der Waals surface area contributed by atoms with Crippen molar-refractivity contribution in [2.45, 2.75) is 57.7 Å². The Morgan fingerprint density at radius 3 is 2.45 bits per heavy atom. The maximum absolute atomic E-state index is 3.62. The molecule has 1 aromatic carbocycles. The lowest BCUT2D eigenvalue weighted by molar-refractivity contribution is 0.0957. The van der Waals surface area contributed by atoms with Gasteiger partial charge in [0.1, 0.15) is 0 Å². The molecule has 2 saturated heterocycles. The molecule has 0 amide bonds. The average molecular weight is 272 g/mol. The van der Waals surface area contributed by atoms with Gasteiger partial charge in [-0.1, -0.05) is 37.3 Å². The van der Waals surface area contributed by atoms with E-state index < -0.39 is 0 Å². The molecular formula is C18H28N2. The first-order chi connectivity index (χ1) is 9.86. The number of piperidine rings is 1. The van der Waals surface area contributed by atoms with E-state index in [-0.39, 0.29) is 0 Å². The second-order valence-electron chi connectivity index (χ2n) is 6.58. The molecule has 0 spiro atoms. The summed E-state index contributed by atoms with van der Waals surface area (Å²) < 4.78 is 0. The first-order valence-electron chi connectivity index (χ1n) is 8.37. The highest BCUT2D eigenvalue weighted by Crippen LogP contribution is 2.39. The predicted molar refractivity (Wildman–Crippen MR) is 84.7 cm³/mol. The van der Waals surface area contributed by atoms with Crippen LogP contribution in [0.15, 0.2) is 30.3 Å². The van der Waals surface area contributed by atoms with Crippen LogP contribution in [0.3, 0.4) is 0 Å². The second kappa shape index (κ2) is 6.73. The smallest absolute Gasteiger partial charge is 0.0239 e. The summed E-state index contributed by atoms with van der Waals surface area (Å²) in [5.41, 5.74) is 1.48. The minimum absolute atomic E-state index is 0.836. The minimum Gasteiger partial charge on any atom is -0.316 e. The lowest BCUT2D eigenvalue weighted by Crippen LogP contribution is -2.44. The molecule has 2 unspecified atom stereocenters. The van der Waals surface area contributed by atoms with Crippen LogP contribution in [0.1, 0.15) is 44.6 Å². The Bertz CT molecular complexity index is 389. The number of hydrogen-bond donors (Lipinski definition) is 1. The van der Waals surface area contributed by atoms with Gasteiger partial charge in [-0.3, -0.25) is 4.90 Å². The third-order valence-electron chi connectivity index (χ3n) is 5.05. The Kier molecular flexibility index (Phi) is 4.74. The summed E-state index contributed by atoms with van der Waals surface area (Å²) in [5, 5.41) is 3.62. The summed E-state index contributed by atoms with van der Waals surface area (Å²) >= 11 is 0. The van der Waals surface area contributed by atoms with Crippen molar-refractivity contribution in [1.82, 2.24) is 10.2 Å². The number of fused-ring (bicyclic) bond motifs is 2. The van der Waals surface area contributed by atoms with Crippen LogP contribution in [0.5, 0.6) is 0 Å². The molecule has 20 heavy (non-hydrogen) atoms. The average Bonchev–Trinajstić information content (AvgIpc) is 2.72. The lowest BCUT2D eigenvalue weighted by Gasteiger charge is -2.39. The molecule has 0 saturated carbocycles. The van der Waals surface area contributed by atoms with Crippen LogP contribution in [0, 0.1) is 5.92 Å². The topological polar surface area (TPSA) is 15.3 Å². The van der Waals surface area contributed by atoms with Crippen LogP contribution in [-0.4, -0.2) is 30.1 Å². The van der Waals surface area contributed by atoms with Gasteiger partial charge in [0.15, 0.2) is 0 Å². The summed E-state index contributed by atoms with van der Waals surface area (Å²) in [6, 6.07) is 12.7. The molecule has 110 valence electrons. The Balaban J connectivity index is 1.55. The molecule has 0 aliphatic carbocycles. The van der Waals surface area contributed by atoms with Crippen molar-refractivity contribution in [1.29, 1.82) is 0 Å². The molecule has 2 aliphatic heterocycles. The zero-order chi connectivity index (χ0) is 13.8. The van der Waals surface area contributed by atoms with Crippen LogP contribution in [0.25, 0.3) is 0 Å². The molecule has 2 aliphatic rings. The highest BCUT2D eigenvalue weighted by molar-refractivity contribution is 5.15. The normalized spacial score (nSPS) is 29.8. The molecule has 1 aromatic rings. The maximum Gasteiger partial charge on any atom is 0.0239 e. The number of benzene rings is 1. The summed E-state index contributed by atoms with van der Waals surface area (Å²) in [5.74, 6) is 0.908. The molecule has 1 N–H and O–H groups in total. The van der Waals surface area contributed by atoms with Crippen LogP contribution < -0.4 is 5.32 Å². The maximum atomic E-state index is 3.62. The van der Waals surface area contributed by atoms with Gasteiger partial charge >= 0.3 is 0 Å². The van der Waals surface area contributed by atoms with Gasteiger partial charge in [-0.2, -0.15) is 0 Å². The molecule has 3 rings (SSSR count). The van der Waals surface area contributed by atoms with Gasteiger partial charge in [-0.15, -0.1) is 0 Å². The van der Waals surface area contributed by atoms with Gasteiger partial charge in [0.25, 0.3) is 0 Å². The van der Waals surface area contributed by atoms with E-state index >= 15 is 0 Å². The minimum atomic E-state index is 0.836. The third-order valence-corrected chi connectivity index (χ3v) is 5.05. The zero-order valence-electron chi connectivity index (χ0n) is 12.7. The van der Waals surface area contributed by atoms with Gasteiger partial charge in [-0.25, -0.2) is 0 Å². The Hall–Kier alpha value is -0.860. The molecule has 2 bridgehead atoms. The molecular weight excluding hydrogens is 244 g/mol. The molecule has 0 aromatic heterocycles. The van der Waals surface area contributed by atoms with Crippen LogP contribution in [-0.2, 0) is 6.54 Å². The van der Waals surface area contributed by atoms with Crippen LogP contribution >= 0.6 is 0 Å². The zero-order valence-corrected chi connectivity index (χ0v) is 12.7. The van der Waals surface area contributed by atoms with E-state index in [1.807, 2.05) is 0 Å². The van der Waals surface area contributed by atoms with Gasteiger partial charge < -0.3 is 5.32 Å². The molecule has 2 atom stereocenters. The van der Waals surface area contributed by atoms with E-state index in [0.29, 0.717) is 0 Å². The summed E-state index contributed by atoms with van der Waals surface area (Å²) in [6.07, 6.45) is 6.89. The fourth-order valence-corrected chi connectivity index (χ4v) is 4.09.